The minimum atomic E-state index is -0.245. The molecule has 3 rings (SSSR count). The van der Waals surface area contributed by atoms with Crippen LogP contribution in [0.15, 0.2) is 36.4 Å². The average molecular weight is 447 g/mol. The Morgan fingerprint density at radius 3 is 2.12 bits per heavy atom. The molecular formula is C31H42O2. The summed E-state index contributed by atoms with van der Waals surface area (Å²) in [4.78, 5) is 12.1. The van der Waals surface area contributed by atoms with Crippen LogP contribution in [0.4, 0.5) is 0 Å². The van der Waals surface area contributed by atoms with E-state index in [0.29, 0.717) is 12.2 Å². The quantitative estimate of drug-likeness (QED) is 0.300. The topological polar surface area (TPSA) is 26.3 Å². The molecule has 0 bridgehead atoms. The zero-order valence-corrected chi connectivity index (χ0v) is 21.8. The number of aryl methyl sites for hydroxylation is 1. The predicted molar refractivity (Wildman–Crippen MR) is 141 cm³/mol. The van der Waals surface area contributed by atoms with Gasteiger partial charge in [0, 0.05) is 0 Å². The van der Waals surface area contributed by atoms with Crippen LogP contribution >= 0.6 is 0 Å². The third-order valence-corrected chi connectivity index (χ3v) is 7.27. The van der Waals surface area contributed by atoms with Crippen molar-refractivity contribution in [2.24, 2.45) is 0 Å². The van der Waals surface area contributed by atoms with Crippen LogP contribution in [0.5, 0.6) is 0 Å². The number of ether oxygens (including phenoxy) is 1. The van der Waals surface area contributed by atoms with Gasteiger partial charge in [-0.1, -0.05) is 78.3 Å². The Hall–Kier alpha value is -2.35. The summed E-state index contributed by atoms with van der Waals surface area (Å²) in [5, 5.41) is 0. The first-order valence-corrected chi connectivity index (χ1v) is 12.7. The summed E-state index contributed by atoms with van der Waals surface area (Å²) >= 11 is 0. The van der Waals surface area contributed by atoms with Gasteiger partial charge in [-0.25, -0.2) is 4.79 Å². The van der Waals surface area contributed by atoms with Gasteiger partial charge in [0.1, 0.15) is 0 Å². The molecule has 2 aromatic carbocycles. The number of carbonyl (C=O) groups is 1. The number of hydrogen-bond donors (Lipinski definition) is 0. The van der Waals surface area contributed by atoms with Crippen molar-refractivity contribution >= 4 is 17.6 Å². The van der Waals surface area contributed by atoms with Gasteiger partial charge < -0.3 is 4.74 Å². The van der Waals surface area contributed by atoms with E-state index in [1.807, 2.05) is 31.2 Å². The van der Waals surface area contributed by atoms with Crippen molar-refractivity contribution < 1.29 is 9.53 Å². The maximum Gasteiger partial charge on any atom is 0.338 e. The smallest absolute Gasteiger partial charge is 0.338 e. The lowest BCUT2D eigenvalue weighted by Gasteiger charge is -2.42. The van der Waals surface area contributed by atoms with Crippen LogP contribution in [0.2, 0.25) is 0 Å². The predicted octanol–water partition coefficient (Wildman–Crippen LogP) is 8.51. The van der Waals surface area contributed by atoms with Crippen molar-refractivity contribution in [2.75, 3.05) is 6.61 Å². The van der Waals surface area contributed by atoms with Gasteiger partial charge in [-0.3, -0.25) is 0 Å². The Kier molecular flexibility index (Phi) is 7.88. The summed E-state index contributed by atoms with van der Waals surface area (Å²) in [5.74, 6) is -0.245. The fraction of sp³-hybridized carbons (Fsp3) is 0.516. The minimum Gasteiger partial charge on any atom is -0.462 e. The fourth-order valence-electron chi connectivity index (χ4n) is 4.92. The van der Waals surface area contributed by atoms with Crippen LogP contribution in [0.25, 0.3) is 11.6 Å². The number of carbonyl (C=O) groups excluding carboxylic acids is 1. The number of fused-ring (bicyclic) bond motifs is 1. The minimum absolute atomic E-state index is 0.198. The summed E-state index contributed by atoms with van der Waals surface area (Å²) in [6, 6.07) is 12.8. The first-order chi connectivity index (χ1) is 15.6. The second-order valence-electron chi connectivity index (χ2n) is 11.0. The van der Waals surface area contributed by atoms with E-state index in [-0.39, 0.29) is 16.8 Å². The molecule has 0 heterocycles. The van der Waals surface area contributed by atoms with Crippen molar-refractivity contribution in [1.82, 2.24) is 0 Å². The number of unbranched alkanes of at least 4 members (excludes halogenated alkanes) is 1. The molecule has 0 aliphatic heterocycles. The van der Waals surface area contributed by atoms with Gasteiger partial charge in [-0.05, 0) is 95.4 Å². The van der Waals surface area contributed by atoms with Gasteiger partial charge in [0.15, 0.2) is 0 Å². The van der Waals surface area contributed by atoms with Gasteiger partial charge >= 0.3 is 5.97 Å². The SMILES string of the molecule is CCCCc1cc2c(cc1C(C)=Cc1ccc(C(=O)OCCC)cc1)C(C)(C)CCC2(C)C. The largest absolute Gasteiger partial charge is 0.462 e. The molecule has 0 saturated heterocycles. The number of hydrogen-bond acceptors (Lipinski definition) is 2. The molecule has 0 N–H and O–H groups in total. The van der Waals surface area contributed by atoms with E-state index in [1.54, 1.807) is 0 Å². The van der Waals surface area contributed by atoms with Crippen LogP contribution in [0.1, 0.15) is 119 Å². The highest BCUT2D eigenvalue weighted by Gasteiger charge is 2.37. The van der Waals surface area contributed by atoms with E-state index in [1.165, 1.54) is 53.5 Å². The molecule has 0 fully saturated rings. The Bertz CT molecular complexity index is 1010. The molecule has 0 saturated carbocycles. The number of benzene rings is 2. The Balaban J connectivity index is 2.00. The van der Waals surface area contributed by atoms with Crippen LogP contribution in [-0.2, 0) is 22.0 Å². The van der Waals surface area contributed by atoms with Crippen molar-refractivity contribution in [3.63, 3.8) is 0 Å². The van der Waals surface area contributed by atoms with Gasteiger partial charge in [-0.2, -0.15) is 0 Å². The average Bonchev–Trinajstić information content (AvgIpc) is 2.79. The van der Waals surface area contributed by atoms with Crippen molar-refractivity contribution in [3.05, 3.63) is 69.8 Å². The van der Waals surface area contributed by atoms with E-state index < -0.39 is 0 Å². The molecule has 0 atom stereocenters. The highest BCUT2D eigenvalue weighted by atomic mass is 16.5. The first kappa shape index (κ1) is 25.3. The Morgan fingerprint density at radius 1 is 0.939 bits per heavy atom. The summed E-state index contributed by atoms with van der Waals surface area (Å²) < 4.78 is 5.26. The highest BCUT2D eigenvalue weighted by molar-refractivity contribution is 5.90. The molecule has 0 spiro atoms. The molecule has 0 aromatic heterocycles. The van der Waals surface area contributed by atoms with Crippen LogP contribution in [-0.4, -0.2) is 12.6 Å². The lowest BCUT2D eigenvalue weighted by Crippen LogP contribution is -2.34. The van der Waals surface area contributed by atoms with Crippen LogP contribution < -0.4 is 0 Å². The van der Waals surface area contributed by atoms with Crippen LogP contribution in [0.3, 0.4) is 0 Å². The molecular weight excluding hydrogens is 404 g/mol. The van der Waals surface area contributed by atoms with E-state index in [0.717, 1.165) is 18.4 Å². The summed E-state index contributed by atoms with van der Waals surface area (Å²) in [6.45, 7) is 16.5. The second kappa shape index (κ2) is 10.3. The highest BCUT2D eigenvalue weighted by Crippen LogP contribution is 2.47. The third-order valence-electron chi connectivity index (χ3n) is 7.27. The van der Waals surface area contributed by atoms with Gasteiger partial charge in [0.05, 0.1) is 12.2 Å². The van der Waals surface area contributed by atoms with Gasteiger partial charge in [0.25, 0.3) is 0 Å². The van der Waals surface area contributed by atoms with E-state index in [9.17, 15) is 4.79 Å². The molecule has 178 valence electrons. The third kappa shape index (κ3) is 5.78. The van der Waals surface area contributed by atoms with Crippen molar-refractivity contribution in [3.8, 4) is 0 Å². The molecule has 1 aliphatic rings. The molecule has 2 heteroatoms. The maximum absolute atomic E-state index is 12.1. The zero-order chi connectivity index (χ0) is 24.2. The molecule has 0 radical (unpaired) electrons. The van der Waals surface area contributed by atoms with Crippen molar-refractivity contribution in [1.29, 1.82) is 0 Å². The van der Waals surface area contributed by atoms with E-state index in [2.05, 4.69) is 59.8 Å². The molecule has 33 heavy (non-hydrogen) atoms. The number of allylic oxidation sites excluding steroid dienone is 1. The molecule has 2 nitrogen and oxygen atoms in total. The summed E-state index contributed by atoms with van der Waals surface area (Å²) in [5.41, 5.74) is 9.32. The number of esters is 1. The zero-order valence-electron chi connectivity index (χ0n) is 21.8. The fourth-order valence-corrected chi connectivity index (χ4v) is 4.92. The van der Waals surface area contributed by atoms with E-state index >= 15 is 0 Å². The Labute approximate surface area is 201 Å². The Morgan fingerprint density at radius 2 is 1.55 bits per heavy atom. The van der Waals surface area contributed by atoms with Gasteiger partial charge in [0.2, 0.25) is 0 Å². The standard InChI is InChI=1S/C31H42O2/c1-8-10-11-25-20-27-28(31(6,7)17-16-30(27,4)5)21-26(25)22(3)19-23-12-14-24(15-13-23)29(32)33-18-9-2/h12-15,19-21H,8-11,16-18H2,1-7H3. The maximum atomic E-state index is 12.1. The summed E-state index contributed by atoms with van der Waals surface area (Å²) in [7, 11) is 0. The molecule has 0 amide bonds. The molecule has 0 unspecified atom stereocenters. The van der Waals surface area contributed by atoms with Gasteiger partial charge in [-0.15, -0.1) is 0 Å². The lowest BCUT2D eigenvalue weighted by molar-refractivity contribution is 0.0505. The monoisotopic (exact) mass is 446 g/mol. The van der Waals surface area contributed by atoms with E-state index in [4.69, 9.17) is 4.74 Å². The lowest BCUT2D eigenvalue weighted by atomic mass is 9.62. The second-order valence-corrected chi connectivity index (χ2v) is 11.0. The van der Waals surface area contributed by atoms with Crippen LogP contribution in [0, 0.1) is 0 Å². The first-order valence-electron chi connectivity index (χ1n) is 12.7. The molecule has 1 aliphatic carbocycles. The number of rotatable bonds is 8. The van der Waals surface area contributed by atoms with Crippen molar-refractivity contribution in [2.45, 2.75) is 97.8 Å². The normalized spacial score (nSPS) is 16.9. The molecule has 2 aromatic rings. The summed E-state index contributed by atoms with van der Waals surface area (Å²) in [6.07, 6.45) is 9.06.